The van der Waals surface area contributed by atoms with Gasteiger partial charge in [-0.3, -0.25) is 14.3 Å². The normalized spacial score (nSPS) is 11.4. The molecule has 8 nitrogen and oxygen atoms in total. The van der Waals surface area contributed by atoms with E-state index in [1.54, 1.807) is 27.7 Å². The van der Waals surface area contributed by atoms with Gasteiger partial charge in [0.1, 0.15) is 5.69 Å². The first-order chi connectivity index (χ1) is 16.8. The molecule has 0 spiro atoms. The molecule has 0 aliphatic rings. The number of carbonyl (C=O) groups excluding carboxylic acids is 1. The molecule has 0 bridgehead atoms. The third kappa shape index (κ3) is 5.13. The van der Waals surface area contributed by atoms with E-state index in [-0.39, 0.29) is 22.9 Å². The monoisotopic (exact) mass is 510 g/mol. The quantitative estimate of drug-likeness (QED) is 0.318. The Morgan fingerprint density at radius 3 is 2.60 bits per heavy atom. The van der Waals surface area contributed by atoms with E-state index >= 15 is 0 Å². The molecule has 1 aromatic carbocycles. The number of thiophene rings is 1. The fourth-order valence-electron chi connectivity index (χ4n) is 3.82. The van der Waals surface area contributed by atoms with Crippen molar-refractivity contribution in [3.05, 3.63) is 62.7 Å². The van der Waals surface area contributed by atoms with Crippen LogP contribution in [0.4, 0.5) is 5.69 Å². The summed E-state index contributed by atoms with van der Waals surface area (Å²) in [6.45, 7) is 9.04. The number of amides is 1. The van der Waals surface area contributed by atoms with Crippen molar-refractivity contribution < 1.29 is 4.79 Å². The van der Waals surface area contributed by atoms with Gasteiger partial charge in [0.25, 0.3) is 5.56 Å². The van der Waals surface area contributed by atoms with Crippen molar-refractivity contribution in [2.75, 3.05) is 11.1 Å². The Hall–Kier alpha value is -3.11. The number of benzene rings is 1. The largest absolute Gasteiger partial charge is 0.319 e. The number of aromatic nitrogens is 5. The lowest BCUT2D eigenvalue weighted by Crippen LogP contribution is -2.23. The smallest absolute Gasteiger partial charge is 0.295 e. The summed E-state index contributed by atoms with van der Waals surface area (Å²) in [6, 6.07) is 11.5. The van der Waals surface area contributed by atoms with Gasteiger partial charge in [0.05, 0.1) is 17.1 Å². The van der Waals surface area contributed by atoms with Gasteiger partial charge in [-0.05, 0) is 37.5 Å². The molecule has 35 heavy (non-hydrogen) atoms. The highest BCUT2D eigenvalue weighted by Gasteiger charge is 2.20. The van der Waals surface area contributed by atoms with Crippen molar-refractivity contribution in [1.82, 2.24) is 24.1 Å². The van der Waals surface area contributed by atoms with Crippen LogP contribution in [0.2, 0.25) is 0 Å². The van der Waals surface area contributed by atoms with Gasteiger partial charge >= 0.3 is 0 Å². The number of nitrogens with one attached hydrogen (secondary N) is 1. The average molecular weight is 511 g/mol. The van der Waals surface area contributed by atoms with Crippen molar-refractivity contribution >= 4 is 34.7 Å². The van der Waals surface area contributed by atoms with E-state index in [0.717, 1.165) is 30.0 Å². The summed E-state index contributed by atoms with van der Waals surface area (Å²) in [5.74, 6) is 1.15. The Morgan fingerprint density at radius 1 is 1.20 bits per heavy atom. The number of hydrogen-bond donors (Lipinski definition) is 1. The molecule has 3 heterocycles. The van der Waals surface area contributed by atoms with E-state index < -0.39 is 0 Å². The van der Waals surface area contributed by atoms with Crippen LogP contribution in [0.5, 0.6) is 0 Å². The summed E-state index contributed by atoms with van der Waals surface area (Å²) in [5, 5.41) is 14.4. The SMILES string of the molecule is CCCn1c(SCC(=O)Nc2c(C)n(C)n(-c3ccccc3)c2=O)nnc1-c1csc(C(C)C)c1. The molecule has 0 aliphatic carbocycles. The third-order valence-corrected chi connectivity index (χ3v) is 7.96. The first-order valence-corrected chi connectivity index (χ1v) is 13.5. The summed E-state index contributed by atoms with van der Waals surface area (Å²) >= 11 is 3.05. The topological polar surface area (TPSA) is 86.7 Å². The van der Waals surface area contributed by atoms with Gasteiger partial charge in [-0.1, -0.05) is 50.7 Å². The van der Waals surface area contributed by atoms with E-state index in [2.05, 4.69) is 52.3 Å². The van der Waals surface area contributed by atoms with Crippen LogP contribution in [0.1, 0.15) is 43.7 Å². The van der Waals surface area contributed by atoms with Crippen LogP contribution in [-0.2, 0) is 18.4 Å². The van der Waals surface area contributed by atoms with E-state index in [0.29, 0.717) is 16.8 Å². The van der Waals surface area contributed by atoms with Crippen molar-refractivity contribution in [2.24, 2.45) is 7.05 Å². The Bertz CT molecular complexity index is 1380. The highest BCUT2D eigenvalue weighted by molar-refractivity contribution is 7.99. The summed E-state index contributed by atoms with van der Waals surface area (Å²) in [6.07, 6.45) is 0.925. The van der Waals surface area contributed by atoms with E-state index in [4.69, 9.17) is 0 Å². The van der Waals surface area contributed by atoms with Gasteiger partial charge in [0.15, 0.2) is 11.0 Å². The average Bonchev–Trinajstić information content (AvgIpc) is 3.53. The molecule has 0 radical (unpaired) electrons. The lowest BCUT2D eigenvalue weighted by atomic mass is 10.1. The second-order valence-corrected chi connectivity index (χ2v) is 10.5. The van der Waals surface area contributed by atoms with Gasteiger partial charge < -0.3 is 9.88 Å². The molecule has 0 fully saturated rings. The lowest BCUT2D eigenvalue weighted by Gasteiger charge is -2.08. The first kappa shape index (κ1) is 25.0. The molecule has 1 amide bonds. The van der Waals surface area contributed by atoms with Gasteiger partial charge in [0, 0.05) is 29.4 Å². The van der Waals surface area contributed by atoms with Gasteiger partial charge in [-0.15, -0.1) is 21.5 Å². The molecule has 0 atom stereocenters. The predicted octanol–water partition coefficient (Wildman–Crippen LogP) is 5.07. The van der Waals surface area contributed by atoms with Gasteiger partial charge in [-0.25, -0.2) is 4.68 Å². The molecule has 0 saturated heterocycles. The minimum atomic E-state index is -0.260. The molecular weight excluding hydrogens is 480 g/mol. The number of rotatable bonds is 9. The first-order valence-electron chi connectivity index (χ1n) is 11.6. The Labute approximate surface area is 213 Å². The number of para-hydroxylation sites is 1. The van der Waals surface area contributed by atoms with E-state index in [9.17, 15) is 9.59 Å². The molecule has 0 unspecified atom stereocenters. The zero-order valence-corrected chi connectivity index (χ0v) is 22.2. The maximum absolute atomic E-state index is 13.1. The predicted molar refractivity (Wildman–Crippen MR) is 143 cm³/mol. The Kier molecular flexibility index (Phi) is 7.61. The fourth-order valence-corrected chi connectivity index (χ4v) is 5.49. The van der Waals surface area contributed by atoms with Gasteiger partial charge in [-0.2, -0.15) is 0 Å². The van der Waals surface area contributed by atoms with Crippen LogP contribution in [0, 0.1) is 6.92 Å². The van der Waals surface area contributed by atoms with Crippen molar-refractivity contribution in [3.8, 4) is 17.1 Å². The minimum absolute atomic E-state index is 0.127. The van der Waals surface area contributed by atoms with Gasteiger partial charge in [0.2, 0.25) is 5.91 Å². The molecule has 3 aromatic heterocycles. The maximum atomic E-state index is 13.1. The number of thioether (sulfide) groups is 1. The molecule has 1 N–H and O–H groups in total. The van der Waals surface area contributed by atoms with E-state index in [1.807, 2.05) is 37.3 Å². The Balaban J connectivity index is 1.51. The molecule has 4 aromatic rings. The van der Waals surface area contributed by atoms with E-state index in [1.165, 1.54) is 16.6 Å². The second kappa shape index (κ2) is 10.7. The Morgan fingerprint density at radius 2 is 1.94 bits per heavy atom. The number of nitrogens with zero attached hydrogens (tertiary/aromatic N) is 5. The van der Waals surface area contributed by atoms with Crippen LogP contribution in [-0.4, -0.2) is 35.8 Å². The molecule has 0 saturated carbocycles. The molecule has 4 rings (SSSR count). The van der Waals surface area contributed by atoms with Crippen LogP contribution in [0.25, 0.3) is 17.1 Å². The molecular formula is C25H30N6O2S2. The summed E-state index contributed by atoms with van der Waals surface area (Å²) < 4.78 is 5.37. The highest BCUT2D eigenvalue weighted by Crippen LogP contribution is 2.31. The zero-order valence-electron chi connectivity index (χ0n) is 20.6. The van der Waals surface area contributed by atoms with Crippen molar-refractivity contribution in [2.45, 2.75) is 51.7 Å². The van der Waals surface area contributed by atoms with Crippen LogP contribution < -0.4 is 10.9 Å². The second-order valence-electron chi connectivity index (χ2n) is 8.62. The lowest BCUT2D eigenvalue weighted by molar-refractivity contribution is -0.113. The fraction of sp³-hybridized carbons (Fsp3) is 0.360. The molecule has 184 valence electrons. The third-order valence-electron chi connectivity index (χ3n) is 5.76. The maximum Gasteiger partial charge on any atom is 0.295 e. The number of carbonyl (C=O) groups is 1. The van der Waals surface area contributed by atoms with Crippen molar-refractivity contribution in [1.29, 1.82) is 0 Å². The summed E-state index contributed by atoms with van der Waals surface area (Å²) in [7, 11) is 1.80. The molecule has 0 aliphatic heterocycles. The minimum Gasteiger partial charge on any atom is -0.319 e. The number of hydrogen-bond acceptors (Lipinski definition) is 6. The van der Waals surface area contributed by atoms with Crippen molar-refractivity contribution in [3.63, 3.8) is 0 Å². The van der Waals surface area contributed by atoms with Crippen LogP contribution in [0.3, 0.4) is 0 Å². The number of anilines is 1. The van der Waals surface area contributed by atoms with Crippen LogP contribution >= 0.6 is 23.1 Å². The zero-order chi connectivity index (χ0) is 25.1. The molecule has 10 heteroatoms. The van der Waals surface area contributed by atoms with Crippen LogP contribution in [0.15, 0.2) is 51.7 Å². The summed E-state index contributed by atoms with van der Waals surface area (Å²) in [4.78, 5) is 27.2. The summed E-state index contributed by atoms with van der Waals surface area (Å²) in [5.41, 5.74) is 2.51. The highest BCUT2D eigenvalue weighted by atomic mass is 32.2. The standard InChI is InChI=1S/C25H30N6O2S2/c1-6-12-30-23(18-13-20(16(2)3)34-14-18)27-28-25(30)35-15-21(32)26-22-17(4)29(5)31(24(22)33)19-10-8-7-9-11-19/h7-11,13-14,16H,6,12,15H2,1-5H3,(H,26,32).